The number of benzene rings is 2. The summed E-state index contributed by atoms with van der Waals surface area (Å²) in [5.74, 6) is 0.0673. The topological polar surface area (TPSA) is 61.4 Å². The highest BCUT2D eigenvalue weighted by atomic mass is 35.5. The molecule has 33 heavy (non-hydrogen) atoms. The number of amides is 2. The van der Waals surface area contributed by atoms with Gasteiger partial charge in [-0.2, -0.15) is 0 Å². The first-order chi connectivity index (χ1) is 15.9. The lowest BCUT2D eigenvalue weighted by molar-refractivity contribution is 0.125. The fraction of sp³-hybridized carbons (Fsp3) is 0.320. The van der Waals surface area contributed by atoms with Crippen LogP contribution in [0.15, 0.2) is 61.2 Å². The van der Waals surface area contributed by atoms with Crippen molar-refractivity contribution in [1.82, 2.24) is 19.8 Å². The second-order valence-corrected chi connectivity index (χ2v) is 8.91. The largest absolute Gasteiger partial charge is 0.322 e. The summed E-state index contributed by atoms with van der Waals surface area (Å²) in [5, 5.41) is 3.32. The predicted molar refractivity (Wildman–Crippen MR) is 128 cm³/mol. The quantitative estimate of drug-likeness (QED) is 0.550. The summed E-state index contributed by atoms with van der Waals surface area (Å²) in [4.78, 5) is 25.0. The van der Waals surface area contributed by atoms with Crippen molar-refractivity contribution in [2.45, 2.75) is 25.8 Å². The Morgan fingerprint density at radius 2 is 1.67 bits per heavy atom. The number of hydrogen-bond acceptors (Lipinski definition) is 4. The van der Waals surface area contributed by atoms with Gasteiger partial charge in [-0.3, -0.25) is 4.90 Å². The van der Waals surface area contributed by atoms with Crippen LogP contribution in [0.4, 0.5) is 14.9 Å². The number of anilines is 1. The Labute approximate surface area is 198 Å². The third-order valence-corrected chi connectivity index (χ3v) is 6.18. The highest BCUT2D eigenvalue weighted by Gasteiger charge is 2.30. The Kier molecular flexibility index (Phi) is 7.20. The van der Waals surface area contributed by atoms with Crippen LogP contribution in [-0.2, 0) is 0 Å². The number of piperazine rings is 1. The van der Waals surface area contributed by atoms with Crippen molar-refractivity contribution in [1.29, 1.82) is 0 Å². The number of nitrogens with zero attached hydrogens (tertiary/aromatic N) is 4. The molecule has 1 saturated heterocycles. The van der Waals surface area contributed by atoms with Crippen LogP contribution in [-0.4, -0.2) is 52.0 Å². The van der Waals surface area contributed by atoms with Gasteiger partial charge in [0.25, 0.3) is 0 Å². The fourth-order valence-corrected chi connectivity index (χ4v) is 4.26. The number of carbonyl (C=O) groups excluding carboxylic acids is 1. The Morgan fingerprint density at radius 3 is 2.27 bits per heavy atom. The molecule has 8 heteroatoms. The first-order valence-electron chi connectivity index (χ1n) is 11.0. The molecule has 0 spiro atoms. The van der Waals surface area contributed by atoms with Crippen molar-refractivity contribution >= 4 is 23.3 Å². The lowest BCUT2D eigenvalue weighted by Crippen LogP contribution is -2.51. The maximum Gasteiger partial charge on any atom is 0.321 e. The number of hydrogen-bond donors (Lipinski definition) is 1. The van der Waals surface area contributed by atoms with Crippen molar-refractivity contribution in [3.63, 3.8) is 0 Å². The Hall–Kier alpha value is -3.03. The highest BCUT2D eigenvalue weighted by Crippen LogP contribution is 2.32. The maximum atomic E-state index is 14.8. The first kappa shape index (κ1) is 23.1. The highest BCUT2D eigenvalue weighted by molar-refractivity contribution is 6.30. The molecule has 1 unspecified atom stereocenters. The molecule has 1 atom stereocenters. The third kappa shape index (κ3) is 5.49. The Balaban J connectivity index is 1.45. The molecule has 1 aromatic heterocycles. The van der Waals surface area contributed by atoms with E-state index in [2.05, 4.69) is 34.0 Å². The van der Waals surface area contributed by atoms with Crippen LogP contribution in [0.3, 0.4) is 0 Å². The summed E-state index contributed by atoms with van der Waals surface area (Å²) in [6.07, 6.45) is 4.85. The van der Waals surface area contributed by atoms with Crippen molar-refractivity contribution in [2.24, 2.45) is 0 Å². The molecule has 0 saturated carbocycles. The van der Waals surface area contributed by atoms with Gasteiger partial charge in [0.2, 0.25) is 0 Å². The van der Waals surface area contributed by atoms with Gasteiger partial charge in [0.1, 0.15) is 12.1 Å². The molecule has 1 fully saturated rings. The molecule has 0 radical (unpaired) electrons. The molecule has 1 aliphatic rings. The number of nitrogens with one attached hydrogen (secondary N) is 1. The lowest BCUT2D eigenvalue weighted by atomic mass is 9.98. The molecule has 4 rings (SSSR count). The van der Waals surface area contributed by atoms with Gasteiger partial charge in [-0.15, -0.1) is 0 Å². The van der Waals surface area contributed by atoms with Crippen LogP contribution in [0.25, 0.3) is 0 Å². The zero-order chi connectivity index (χ0) is 23.4. The van der Waals surface area contributed by atoms with Gasteiger partial charge in [0.05, 0.1) is 6.04 Å². The third-order valence-electron chi connectivity index (χ3n) is 5.95. The Bertz CT molecular complexity index is 1090. The van der Waals surface area contributed by atoms with E-state index in [0.29, 0.717) is 42.7 Å². The summed E-state index contributed by atoms with van der Waals surface area (Å²) in [7, 11) is 0. The van der Waals surface area contributed by atoms with Gasteiger partial charge in [0, 0.05) is 60.4 Å². The van der Waals surface area contributed by atoms with Gasteiger partial charge < -0.3 is 10.2 Å². The van der Waals surface area contributed by atoms with Crippen LogP contribution in [0, 0.1) is 5.82 Å². The molecular weight excluding hydrogens is 441 g/mol. The summed E-state index contributed by atoms with van der Waals surface area (Å²) in [5.41, 5.74) is 3.31. The molecule has 2 amide bonds. The molecule has 2 aromatic carbocycles. The minimum Gasteiger partial charge on any atom is -0.322 e. The summed E-state index contributed by atoms with van der Waals surface area (Å²) in [6.45, 7) is 6.49. The van der Waals surface area contributed by atoms with Gasteiger partial charge >= 0.3 is 6.03 Å². The molecule has 1 N–H and O–H groups in total. The van der Waals surface area contributed by atoms with Crippen LogP contribution in [0.5, 0.6) is 0 Å². The minimum absolute atomic E-state index is 0.135. The molecule has 2 heterocycles. The van der Waals surface area contributed by atoms with Crippen LogP contribution in [0.2, 0.25) is 5.02 Å². The fourth-order valence-electron chi connectivity index (χ4n) is 4.10. The van der Waals surface area contributed by atoms with Crippen LogP contribution in [0.1, 0.15) is 42.5 Å². The second-order valence-electron chi connectivity index (χ2n) is 8.47. The van der Waals surface area contributed by atoms with Gasteiger partial charge in [-0.1, -0.05) is 43.6 Å². The molecular formula is C25H27ClFN5O. The van der Waals surface area contributed by atoms with Crippen molar-refractivity contribution in [3.05, 3.63) is 88.7 Å². The van der Waals surface area contributed by atoms with E-state index in [9.17, 15) is 9.18 Å². The average molecular weight is 468 g/mol. The Morgan fingerprint density at radius 1 is 1.00 bits per heavy atom. The zero-order valence-corrected chi connectivity index (χ0v) is 19.5. The standard InChI is InChI=1S/C25H27ClFN5O/c1-17(2)18-3-6-21(7-4-18)30-25(33)32-11-9-31(10-12-32)24(19-14-28-16-29-15-19)22-8-5-20(26)13-23(22)27/h3-8,13-17,24H,9-12H2,1-2H3,(H,30,33). The van der Waals surface area contributed by atoms with Crippen LogP contribution < -0.4 is 5.32 Å². The molecule has 0 aliphatic carbocycles. The van der Waals surface area contributed by atoms with E-state index in [0.717, 1.165) is 11.3 Å². The monoisotopic (exact) mass is 467 g/mol. The number of halogens is 2. The number of rotatable bonds is 5. The van der Waals surface area contributed by atoms with Crippen molar-refractivity contribution in [3.8, 4) is 0 Å². The molecule has 1 aliphatic heterocycles. The van der Waals surface area contributed by atoms with Crippen LogP contribution >= 0.6 is 11.6 Å². The molecule has 172 valence electrons. The number of carbonyl (C=O) groups is 1. The van der Waals surface area contributed by atoms with E-state index < -0.39 is 0 Å². The summed E-state index contributed by atoms with van der Waals surface area (Å²) in [6, 6.07) is 12.1. The normalized spacial score (nSPS) is 15.5. The molecule has 3 aromatic rings. The summed E-state index contributed by atoms with van der Waals surface area (Å²) >= 11 is 5.97. The van der Waals surface area contributed by atoms with Gasteiger partial charge in [0.15, 0.2) is 0 Å². The summed E-state index contributed by atoms with van der Waals surface area (Å²) < 4.78 is 14.8. The number of urea groups is 1. The maximum absolute atomic E-state index is 14.8. The average Bonchev–Trinajstić information content (AvgIpc) is 2.82. The second kappa shape index (κ2) is 10.3. The molecule has 6 nitrogen and oxygen atoms in total. The first-order valence-corrected chi connectivity index (χ1v) is 11.4. The molecule has 0 bridgehead atoms. The SMILES string of the molecule is CC(C)c1ccc(NC(=O)N2CCN(C(c3cncnc3)c3ccc(Cl)cc3F)CC2)cc1. The van der Waals surface area contributed by atoms with Crippen molar-refractivity contribution < 1.29 is 9.18 Å². The minimum atomic E-state index is -0.374. The van der Waals surface area contributed by atoms with E-state index >= 15 is 0 Å². The van der Waals surface area contributed by atoms with E-state index in [4.69, 9.17) is 11.6 Å². The number of aromatic nitrogens is 2. The van der Waals surface area contributed by atoms with E-state index in [1.54, 1.807) is 29.4 Å². The van der Waals surface area contributed by atoms with E-state index in [1.165, 1.54) is 18.0 Å². The van der Waals surface area contributed by atoms with E-state index in [-0.39, 0.29) is 17.9 Å². The smallest absolute Gasteiger partial charge is 0.321 e. The van der Waals surface area contributed by atoms with Gasteiger partial charge in [-0.25, -0.2) is 19.2 Å². The van der Waals surface area contributed by atoms with E-state index in [1.807, 2.05) is 24.3 Å². The zero-order valence-electron chi connectivity index (χ0n) is 18.7. The van der Waals surface area contributed by atoms with Crippen molar-refractivity contribution in [2.75, 3.05) is 31.5 Å². The lowest BCUT2D eigenvalue weighted by Gasteiger charge is -2.39. The predicted octanol–water partition coefficient (Wildman–Crippen LogP) is 5.33. The van der Waals surface area contributed by atoms with Gasteiger partial charge in [-0.05, 0) is 35.7 Å².